The van der Waals surface area contributed by atoms with Crippen LogP contribution in [0.4, 0.5) is 4.39 Å². The number of tetrazole rings is 1. The summed E-state index contributed by atoms with van der Waals surface area (Å²) in [4.78, 5) is 18.6. The van der Waals surface area contributed by atoms with Crippen LogP contribution >= 0.6 is 0 Å². The van der Waals surface area contributed by atoms with Gasteiger partial charge in [-0.15, -0.1) is 5.10 Å². The molecule has 0 saturated carbocycles. The average Bonchev–Trinajstić information content (AvgIpc) is 3.35. The largest absolute Gasteiger partial charge is 0.322 e. The van der Waals surface area contributed by atoms with Crippen LogP contribution in [0.5, 0.6) is 0 Å². The van der Waals surface area contributed by atoms with Crippen molar-refractivity contribution < 1.29 is 4.39 Å². The number of pyridine rings is 1. The number of benzene rings is 3. The van der Waals surface area contributed by atoms with E-state index in [0.29, 0.717) is 31.0 Å². The van der Waals surface area contributed by atoms with Crippen LogP contribution in [-0.4, -0.2) is 30.1 Å². The molecule has 2 heterocycles. The number of aromatic nitrogens is 5. The SMILES string of the molecule is CCC(c1nnnn1Cc1ccc(F)cc1)N(Cc1ccccc1)Cc1cc2c(C)cc(C)cc2[nH]c1=O. The van der Waals surface area contributed by atoms with Crippen LogP contribution < -0.4 is 5.56 Å². The van der Waals surface area contributed by atoms with Crippen LogP contribution in [0.3, 0.4) is 0 Å². The van der Waals surface area contributed by atoms with Crippen molar-refractivity contribution in [3.63, 3.8) is 0 Å². The molecule has 0 aliphatic rings. The number of H-pyrrole nitrogens is 1. The lowest BCUT2D eigenvalue weighted by Crippen LogP contribution is -2.32. The number of rotatable bonds is 9. The maximum Gasteiger partial charge on any atom is 0.252 e. The Kier molecular flexibility index (Phi) is 7.42. The summed E-state index contributed by atoms with van der Waals surface area (Å²) < 4.78 is 15.2. The van der Waals surface area contributed by atoms with E-state index in [1.807, 2.05) is 37.3 Å². The highest BCUT2D eigenvalue weighted by Crippen LogP contribution is 2.27. The van der Waals surface area contributed by atoms with E-state index in [0.717, 1.165) is 39.6 Å². The van der Waals surface area contributed by atoms with Gasteiger partial charge in [0, 0.05) is 29.6 Å². The van der Waals surface area contributed by atoms with Gasteiger partial charge in [0.25, 0.3) is 5.56 Å². The smallest absolute Gasteiger partial charge is 0.252 e. The van der Waals surface area contributed by atoms with Crippen molar-refractivity contribution in [2.75, 3.05) is 0 Å². The minimum Gasteiger partial charge on any atom is -0.322 e. The van der Waals surface area contributed by atoms with E-state index < -0.39 is 0 Å². The van der Waals surface area contributed by atoms with Crippen LogP contribution in [0, 0.1) is 19.7 Å². The van der Waals surface area contributed by atoms with Crippen molar-refractivity contribution in [3.05, 3.63) is 123 Å². The summed E-state index contributed by atoms with van der Waals surface area (Å²) in [5, 5.41) is 13.7. The Labute approximate surface area is 220 Å². The molecule has 1 unspecified atom stereocenters. The second kappa shape index (κ2) is 11.1. The van der Waals surface area contributed by atoms with E-state index in [9.17, 15) is 9.18 Å². The number of nitrogens with zero attached hydrogens (tertiary/aromatic N) is 5. The third-order valence-corrected chi connectivity index (χ3v) is 6.92. The van der Waals surface area contributed by atoms with Gasteiger partial charge >= 0.3 is 0 Å². The van der Waals surface area contributed by atoms with Crippen LogP contribution in [0.15, 0.2) is 77.6 Å². The second-order valence-electron chi connectivity index (χ2n) is 9.80. The number of fused-ring (bicyclic) bond motifs is 1. The standard InChI is InChI=1S/C30H31FN6O/c1-4-28(29-33-34-35-37(29)18-23-10-12-25(31)13-11-23)36(17-22-8-6-5-7-9-22)19-24-16-26-21(3)14-20(2)15-27(26)32-30(24)38/h5-16,28H,4,17-19H2,1-3H3,(H,32,38). The summed E-state index contributed by atoms with van der Waals surface area (Å²) in [6.07, 6.45) is 0.736. The number of halogens is 1. The van der Waals surface area contributed by atoms with Crippen LogP contribution in [0.2, 0.25) is 0 Å². The third-order valence-electron chi connectivity index (χ3n) is 6.92. The van der Waals surface area contributed by atoms with Crippen LogP contribution in [-0.2, 0) is 19.6 Å². The van der Waals surface area contributed by atoms with Gasteiger partial charge in [0.15, 0.2) is 5.82 Å². The first-order valence-corrected chi connectivity index (χ1v) is 12.8. The Morgan fingerprint density at radius 1 is 0.974 bits per heavy atom. The van der Waals surface area contributed by atoms with Crippen molar-refractivity contribution in [2.45, 2.75) is 52.9 Å². The highest BCUT2D eigenvalue weighted by atomic mass is 19.1. The van der Waals surface area contributed by atoms with E-state index in [-0.39, 0.29) is 17.4 Å². The predicted molar refractivity (Wildman–Crippen MR) is 146 cm³/mol. The van der Waals surface area contributed by atoms with Crippen molar-refractivity contribution in [1.29, 1.82) is 0 Å². The molecule has 8 heteroatoms. The summed E-state index contributed by atoms with van der Waals surface area (Å²) in [6, 6.07) is 22.5. The Morgan fingerprint density at radius 3 is 2.47 bits per heavy atom. The molecule has 3 aromatic carbocycles. The molecule has 0 amide bonds. The van der Waals surface area contributed by atoms with Crippen molar-refractivity contribution in [1.82, 2.24) is 30.1 Å². The zero-order chi connectivity index (χ0) is 26.6. The lowest BCUT2D eigenvalue weighted by atomic mass is 10.0. The number of aryl methyl sites for hydroxylation is 2. The minimum absolute atomic E-state index is 0.0960. The summed E-state index contributed by atoms with van der Waals surface area (Å²) in [7, 11) is 0. The molecule has 0 fully saturated rings. The van der Waals surface area contributed by atoms with Crippen LogP contribution in [0.25, 0.3) is 10.9 Å². The predicted octanol–water partition coefficient (Wildman–Crippen LogP) is 5.47. The molecule has 0 bridgehead atoms. The number of nitrogens with one attached hydrogen (secondary N) is 1. The van der Waals surface area contributed by atoms with Crippen molar-refractivity contribution in [2.24, 2.45) is 0 Å². The molecule has 1 atom stereocenters. The molecule has 194 valence electrons. The Hall–Kier alpha value is -4.17. The van der Waals surface area contributed by atoms with Crippen LogP contribution in [0.1, 0.15) is 53.0 Å². The average molecular weight is 511 g/mol. The molecule has 0 radical (unpaired) electrons. The zero-order valence-electron chi connectivity index (χ0n) is 21.9. The lowest BCUT2D eigenvalue weighted by Gasteiger charge is -2.30. The van der Waals surface area contributed by atoms with Gasteiger partial charge in [0.1, 0.15) is 5.82 Å². The highest BCUT2D eigenvalue weighted by molar-refractivity contribution is 5.83. The first kappa shape index (κ1) is 25.5. The molecule has 0 spiro atoms. The van der Waals surface area contributed by atoms with E-state index in [2.05, 4.69) is 57.5 Å². The van der Waals surface area contributed by atoms with E-state index in [1.165, 1.54) is 12.1 Å². The Balaban J connectivity index is 1.52. The number of aromatic amines is 1. The normalized spacial score (nSPS) is 12.3. The molecule has 7 nitrogen and oxygen atoms in total. The van der Waals surface area contributed by atoms with E-state index in [1.54, 1.807) is 16.8 Å². The minimum atomic E-state index is -0.280. The molecule has 5 aromatic rings. The molecule has 1 N–H and O–H groups in total. The van der Waals surface area contributed by atoms with Gasteiger partial charge < -0.3 is 4.98 Å². The third kappa shape index (κ3) is 5.55. The fourth-order valence-electron chi connectivity index (χ4n) is 5.08. The van der Waals surface area contributed by atoms with Gasteiger partial charge in [-0.05, 0) is 77.2 Å². The molecule has 38 heavy (non-hydrogen) atoms. The maximum atomic E-state index is 13.4. The first-order valence-electron chi connectivity index (χ1n) is 12.8. The highest BCUT2D eigenvalue weighted by Gasteiger charge is 2.26. The number of hydrogen-bond donors (Lipinski definition) is 1. The molecule has 2 aromatic heterocycles. The van der Waals surface area contributed by atoms with E-state index >= 15 is 0 Å². The van der Waals surface area contributed by atoms with Gasteiger partial charge in [-0.2, -0.15) is 0 Å². The van der Waals surface area contributed by atoms with Gasteiger partial charge in [-0.25, -0.2) is 9.07 Å². The first-order chi connectivity index (χ1) is 18.4. The fourth-order valence-corrected chi connectivity index (χ4v) is 5.08. The van der Waals surface area contributed by atoms with Gasteiger partial charge in [-0.3, -0.25) is 9.69 Å². The van der Waals surface area contributed by atoms with Gasteiger partial charge in [0.2, 0.25) is 0 Å². The summed E-state index contributed by atoms with van der Waals surface area (Å²) in [6.45, 7) is 7.66. The molecule has 5 rings (SSSR count). The molecule has 0 aliphatic carbocycles. The number of hydrogen-bond acceptors (Lipinski definition) is 5. The monoisotopic (exact) mass is 510 g/mol. The second-order valence-corrected chi connectivity index (χ2v) is 9.80. The summed E-state index contributed by atoms with van der Waals surface area (Å²) in [5.74, 6) is 0.425. The summed E-state index contributed by atoms with van der Waals surface area (Å²) >= 11 is 0. The maximum absolute atomic E-state index is 13.4. The van der Waals surface area contributed by atoms with Gasteiger partial charge in [0.05, 0.1) is 12.6 Å². The van der Waals surface area contributed by atoms with E-state index in [4.69, 9.17) is 0 Å². The summed E-state index contributed by atoms with van der Waals surface area (Å²) in [5.41, 5.74) is 5.72. The van der Waals surface area contributed by atoms with Crippen molar-refractivity contribution >= 4 is 10.9 Å². The fraction of sp³-hybridized carbons (Fsp3) is 0.267. The Bertz CT molecular complexity index is 1590. The lowest BCUT2D eigenvalue weighted by molar-refractivity contribution is 0.161. The van der Waals surface area contributed by atoms with Crippen molar-refractivity contribution in [3.8, 4) is 0 Å². The quantitative estimate of drug-likeness (QED) is 0.284. The molecule has 0 aliphatic heterocycles. The topological polar surface area (TPSA) is 79.7 Å². The Morgan fingerprint density at radius 2 is 1.74 bits per heavy atom. The molecular formula is C30H31FN6O. The molecule has 0 saturated heterocycles. The molecular weight excluding hydrogens is 479 g/mol. The van der Waals surface area contributed by atoms with Gasteiger partial charge in [-0.1, -0.05) is 55.5 Å². The zero-order valence-corrected chi connectivity index (χ0v) is 21.9.